The molecular weight excluding hydrogens is 271 g/mol. The number of benzene rings is 1. The van der Waals surface area contributed by atoms with E-state index in [-0.39, 0.29) is 11.4 Å². The van der Waals surface area contributed by atoms with Crippen molar-refractivity contribution in [2.75, 3.05) is 18.0 Å². The Morgan fingerprint density at radius 2 is 2.10 bits per heavy atom. The van der Waals surface area contributed by atoms with Crippen molar-refractivity contribution in [2.24, 2.45) is 4.99 Å². The molecule has 0 bridgehead atoms. The van der Waals surface area contributed by atoms with Gasteiger partial charge in [-0.1, -0.05) is 12.2 Å². The van der Waals surface area contributed by atoms with Gasteiger partial charge in [0.25, 0.3) is 0 Å². The van der Waals surface area contributed by atoms with Crippen molar-refractivity contribution in [3.05, 3.63) is 35.9 Å². The fourth-order valence-corrected chi connectivity index (χ4v) is 2.07. The van der Waals surface area contributed by atoms with Crippen LogP contribution in [0.4, 0.5) is 24.5 Å². The number of hydroxylamine groups is 1. The zero-order valence-electron chi connectivity index (χ0n) is 10.6. The minimum atomic E-state index is -4.45. The molecule has 0 saturated carbocycles. The number of aliphatic imine (C=N–C) groups is 1. The maximum atomic E-state index is 13.1. The van der Waals surface area contributed by atoms with E-state index in [0.29, 0.717) is 13.1 Å². The predicted molar refractivity (Wildman–Crippen MR) is 70.5 cm³/mol. The summed E-state index contributed by atoms with van der Waals surface area (Å²) in [6, 6.07) is 3.87. The van der Waals surface area contributed by atoms with Crippen LogP contribution in [-0.4, -0.2) is 24.6 Å². The van der Waals surface area contributed by atoms with Gasteiger partial charge in [0.15, 0.2) is 0 Å². The summed E-state index contributed by atoms with van der Waals surface area (Å²) in [4.78, 5) is 5.35. The van der Waals surface area contributed by atoms with Crippen LogP contribution in [0.1, 0.15) is 12.0 Å². The molecule has 0 saturated heterocycles. The normalized spacial score (nSPS) is 15.9. The van der Waals surface area contributed by atoms with Crippen LogP contribution in [0.25, 0.3) is 0 Å². The first-order valence-electron chi connectivity index (χ1n) is 6.05. The third-order valence-corrected chi connectivity index (χ3v) is 2.96. The second-order valence-corrected chi connectivity index (χ2v) is 4.29. The molecule has 0 spiro atoms. The zero-order chi connectivity index (χ0) is 14.6. The second kappa shape index (κ2) is 5.96. The molecule has 1 aromatic carbocycles. The highest BCUT2D eigenvalue weighted by Gasteiger charge is 2.35. The molecule has 0 aliphatic carbocycles. The van der Waals surface area contributed by atoms with Gasteiger partial charge in [0.1, 0.15) is 6.34 Å². The average molecular weight is 285 g/mol. The molecule has 0 amide bonds. The lowest BCUT2D eigenvalue weighted by molar-refractivity contribution is -0.137. The molecule has 0 atom stereocenters. The van der Waals surface area contributed by atoms with Gasteiger partial charge in [0.05, 0.1) is 11.3 Å². The zero-order valence-corrected chi connectivity index (χ0v) is 10.6. The molecule has 2 N–H and O–H groups in total. The van der Waals surface area contributed by atoms with Crippen LogP contribution in [0.2, 0.25) is 0 Å². The van der Waals surface area contributed by atoms with Crippen molar-refractivity contribution < 1.29 is 18.4 Å². The fraction of sp³-hybridized carbons (Fsp3) is 0.308. The highest BCUT2D eigenvalue weighted by atomic mass is 19.4. The smallest absolute Gasteiger partial charge is 0.367 e. The lowest BCUT2D eigenvalue weighted by atomic mass is 10.1. The second-order valence-electron chi connectivity index (χ2n) is 4.29. The van der Waals surface area contributed by atoms with Crippen LogP contribution >= 0.6 is 0 Å². The van der Waals surface area contributed by atoms with Gasteiger partial charge in [-0.15, -0.1) is 0 Å². The Morgan fingerprint density at radius 1 is 1.30 bits per heavy atom. The van der Waals surface area contributed by atoms with Gasteiger partial charge in [0, 0.05) is 18.8 Å². The Labute approximate surface area is 114 Å². The highest BCUT2D eigenvalue weighted by Crippen LogP contribution is 2.39. The molecule has 7 heteroatoms. The lowest BCUT2D eigenvalue weighted by Gasteiger charge is -2.28. The molecule has 1 aliphatic rings. The van der Waals surface area contributed by atoms with E-state index in [1.807, 2.05) is 12.2 Å². The molecular formula is C13H14F3N3O. The standard InChI is InChI=1S/C13H14F3N3O/c14-13(15,16)11-8-10(17-9-18-20)4-5-12(11)19-6-2-1-3-7-19/h1-2,4-5,8-9,20H,3,6-7H2,(H,17,18). The molecule has 1 aromatic rings. The van der Waals surface area contributed by atoms with Crippen LogP contribution in [-0.2, 0) is 6.18 Å². The summed E-state index contributed by atoms with van der Waals surface area (Å²) in [6.45, 7) is 1.02. The van der Waals surface area contributed by atoms with Crippen LogP contribution in [0, 0.1) is 0 Å². The maximum absolute atomic E-state index is 13.1. The third kappa shape index (κ3) is 3.30. The molecule has 4 nitrogen and oxygen atoms in total. The van der Waals surface area contributed by atoms with Gasteiger partial charge >= 0.3 is 6.18 Å². The summed E-state index contributed by atoms with van der Waals surface area (Å²) >= 11 is 0. The van der Waals surface area contributed by atoms with E-state index in [4.69, 9.17) is 5.21 Å². The fourth-order valence-electron chi connectivity index (χ4n) is 2.07. The van der Waals surface area contributed by atoms with Crippen molar-refractivity contribution in [1.82, 2.24) is 5.48 Å². The average Bonchev–Trinajstić information content (AvgIpc) is 2.45. The first-order chi connectivity index (χ1) is 9.52. The van der Waals surface area contributed by atoms with E-state index in [1.165, 1.54) is 12.1 Å². The van der Waals surface area contributed by atoms with Gasteiger partial charge in [-0.05, 0) is 24.6 Å². The molecule has 0 aromatic heterocycles. The number of anilines is 1. The van der Waals surface area contributed by atoms with Gasteiger partial charge in [0.2, 0.25) is 0 Å². The minimum absolute atomic E-state index is 0.121. The van der Waals surface area contributed by atoms with E-state index < -0.39 is 11.7 Å². The molecule has 108 valence electrons. The number of halogens is 3. The first kappa shape index (κ1) is 14.4. The Balaban J connectivity index is 2.40. The molecule has 1 heterocycles. The maximum Gasteiger partial charge on any atom is 0.418 e. The van der Waals surface area contributed by atoms with Gasteiger partial charge in [-0.3, -0.25) is 10.7 Å². The summed E-state index contributed by atoms with van der Waals surface area (Å²) in [5.74, 6) is 0. The Morgan fingerprint density at radius 3 is 2.70 bits per heavy atom. The largest absolute Gasteiger partial charge is 0.418 e. The van der Waals surface area contributed by atoms with E-state index >= 15 is 0 Å². The van der Waals surface area contributed by atoms with E-state index in [0.717, 1.165) is 18.8 Å². The summed E-state index contributed by atoms with van der Waals surface area (Å²) < 4.78 is 39.4. The molecule has 1 aliphatic heterocycles. The Bertz CT molecular complexity index is 526. The van der Waals surface area contributed by atoms with Gasteiger partial charge in [-0.25, -0.2) is 4.99 Å². The van der Waals surface area contributed by atoms with Crippen LogP contribution in [0.5, 0.6) is 0 Å². The number of nitrogens with zero attached hydrogens (tertiary/aromatic N) is 2. The SMILES string of the molecule is ONC=Nc1ccc(N2CC=CCC2)c(C(F)(F)F)c1. The molecule has 20 heavy (non-hydrogen) atoms. The molecule has 2 rings (SSSR count). The summed E-state index contributed by atoms with van der Waals surface area (Å²) in [7, 11) is 0. The number of alkyl halides is 3. The monoisotopic (exact) mass is 285 g/mol. The molecule has 0 fully saturated rings. The highest BCUT2D eigenvalue weighted by molar-refractivity contribution is 5.65. The predicted octanol–water partition coefficient (Wildman–Crippen LogP) is 3.11. The van der Waals surface area contributed by atoms with Gasteiger partial charge in [-0.2, -0.15) is 13.2 Å². The van der Waals surface area contributed by atoms with Crippen molar-refractivity contribution >= 4 is 17.7 Å². The van der Waals surface area contributed by atoms with Crippen molar-refractivity contribution in [1.29, 1.82) is 0 Å². The van der Waals surface area contributed by atoms with Crippen molar-refractivity contribution in [3.8, 4) is 0 Å². The van der Waals surface area contributed by atoms with E-state index in [9.17, 15) is 13.2 Å². The first-order valence-corrected chi connectivity index (χ1v) is 6.05. The van der Waals surface area contributed by atoms with E-state index in [2.05, 4.69) is 4.99 Å². The van der Waals surface area contributed by atoms with Gasteiger partial charge < -0.3 is 4.90 Å². The Kier molecular flexibility index (Phi) is 4.29. The lowest BCUT2D eigenvalue weighted by Crippen LogP contribution is -2.29. The summed E-state index contributed by atoms with van der Waals surface area (Å²) in [5.41, 5.74) is 1.21. The third-order valence-electron chi connectivity index (χ3n) is 2.96. The number of hydrogen-bond acceptors (Lipinski definition) is 3. The van der Waals surface area contributed by atoms with Crippen LogP contribution in [0.3, 0.4) is 0 Å². The van der Waals surface area contributed by atoms with Crippen LogP contribution < -0.4 is 10.4 Å². The molecule has 0 radical (unpaired) electrons. The quantitative estimate of drug-likeness (QED) is 0.388. The molecule has 0 unspecified atom stereocenters. The number of hydrogen-bond donors (Lipinski definition) is 2. The topological polar surface area (TPSA) is 47.9 Å². The van der Waals surface area contributed by atoms with Crippen molar-refractivity contribution in [3.63, 3.8) is 0 Å². The number of rotatable bonds is 3. The minimum Gasteiger partial charge on any atom is -0.367 e. The van der Waals surface area contributed by atoms with Crippen molar-refractivity contribution in [2.45, 2.75) is 12.6 Å². The summed E-state index contributed by atoms with van der Waals surface area (Å²) in [6.07, 6.45) is 1.000. The summed E-state index contributed by atoms with van der Waals surface area (Å²) in [5, 5.41) is 8.38. The Hall–Kier alpha value is -2.02. The van der Waals surface area contributed by atoms with E-state index in [1.54, 1.807) is 10.4 Å². The van der Waals surface area contributed by atoms with Crippen LogP contribution in [0.15, 0.2) is 35.3 Å². The number of nitrogens with one attached hydrogen (secondary N) is 1.